The molecule has 0 fully saturated rings. The number of rotatable bonds is 15. The van der Waals surface area contributed by atoms with Crippen molar-refractivity contribution in [3.8, 4) is 5.75 Å². The summed E-state index contributed by atoms with van der Waals surface area (Å²) < 4.78 is 5.99. The number of carbonyl (C=O) groups is 2. The van der Waals surface area contributed by atoms with Crippen molar-refractivity contribution in [1.29, 1.82) is 0 Å². The zero-order chi connectivity index (χ0) is 19.2. The molecule has 1 rings (SSSR count). The molecule has 5 heteroatoms. The van der Waals surface area contributed by atoms with Gasteiger partial charge in [0.2, 0.25) is 0 Å². The monoisotopic (exact) mass is 364 g/mol. The first kappa shape index (κ1) is 22.0. The lowest BCUT2D eigenvalue weighted by Crippen LogP contribution is -2.04. The molecule has 0 spiro atoms. The van der Waals surface area contributed by atoms with E-state index in [-0.39, 0.29) is 12.8 Å². The van der Waals surface area contributed by atoms with Crippen molar-refractivity contribution in [2.24, 2.45) is 0 Å². The lowest BCUT2D eigenvalue weighted by Gasteiger charge is -2.16. The summed E-state index contributed by atoms with van der Waals surface area (Å²) in [4.78, 5) is 21.4. The quantitative estimate of drug-likeness (QED) is 0.435. The van der Waals surface area contributed by atoms with Crippen LogP contribution in [0.4, 0.5) is 0 Å². The Bertz CT molecular complexity index is 553. The predicted molar refractivity (Wildman–Crippen MR) is 102 cm³/mol. The molecule has 146 valence electrons. The molecule has 0 saturated heterocycles. The molecule has 0 saturated carbocycles. The summed E-state index contributed by atoms with van der Waals surface area (Å²) in [6.07, 6.45) is 8.27. The third-order valence-corrected chi connectivity index (χ3v) is 4.39. The number of carboxylic acid groups (broad SMARTS) is 2. The number of ether oxygens (including phenoxy) is 1. The van der Waals surface area contributed by atoms with E-state index >= 15 is 0 Å². The molecule has 0 aliphatic rings. The van der Waals surface area contributed by atoms with Crippen molar-refractivity contribution in [2.75, 3.05) is 6.61 Å². The van der Waals surface area contributed by atoms with E-state index in [0.717, 1.165) is 56.3 Å². The van der Waals surface area contributed by atoms with Crippen LogP contribution in [0.1, 0.15) is 75.8 Å². The number of benzene rings is 1. The van der Waals surface area contributed by atoms with Gasteiger partial charge in [-0.2, -0.15) is 0 Å². The van der Waals surface area contributed by atoms with Crippen LogP contribution in [0.3, 0.4) is 0 Å². The van der Waals surface area contributed by atoms with Gasteiger partial charge in [0.05, 0.1) is 6.61 Å². The van der Waals surface area contributed by atoms with E-state index in [4.69, 9.17) is 14.9 Å². The second-order valence-electron chi connectivity index (χ2n) is 6.65. The van der Waals surface area contributed by atoms with Crippen LogP contribution in [0.15, 0.2) is 18.2 Å². The molecule has 0 aromatic heterocycles. The van der Waals surface area contributed by atoms with Crippen LogP contribution in [0.2, 0.25) is 0 Å². The number of aliphatic carboxylic acids is 2. The Morgan fingerprint density at radius 3 is 2.15 bits per heavy atom. The number of carboxylic acids is 2. The van der Waals surface area contributed by atoms with Gasteiger partial charge in [0.25, 0.3) is 0 Å². The Hall–Kier alpha value is -2.04. The Kier molecular flexibility index (Phi) is 11.2. The maximum Gasteiger partial charge on any atom is 0.303 e. The van der Waals surface area contributed by atoms with Crippen LogP contribution in [-0.2, 0) is 22.4 Å². The Labute approximate surface area is 156 Å². The fourth-order valence-corrected chi connectivity index (χ4v) is 2.97. The van der Waals surface area contributed by atoms with Crippen LogP contribution < -0.4 is 4.74 Å². The standard InChI is InChI=1S/C21H32O5/c1-2-3-8-16-26-19-13-9-11-17(10-4-6-14-20(22)23)18(19)12-5-7-15-21(24)25/h9,11,13H,2-8,10,12,14-16H2,1H3,(H,22,23)(H,24,25). The highest BCUT2D eigenvalue weighted by Crippen LogP contribution is 2.26. The number of hydrogen-bond acceptors (Lipinski definition) is 3. The van der Waals surface area contributed by atoms with Crippen LogP contribution in [0.25, 0.3) is 0 Å². The molecule has 5 nitrogen and oxygen atoms in total. The normalized spacial score (nSPS) is 10.7. The highest BCUT2D eigenvalue weighted by atomic mass is 16.5. The largest absolute Gasteiger partial charge is 0.493 e. The summed E-state index contributed by atoms with van der Waals surface area (Å²) in [5, 5.41) is 17.6. The smallest absolute Gasteiger partial charge is 0.303 e. The Balaban J connectivity index is 2.70. The first-order chi connectivity index (χ1) is 12.5. The van der Waals surface area contributed by atoms with E-state index < -0.39 is 11.9 Å². The Morgan fingerprint density at radius 2 is 1.54 bits per heavy atom. The molecule has 26 heavy (non-hydrogen) atoms. The maximum atomic E-state index is 10.7. The fraction of sp³-hybridized carbons (Fsp3) is 0.619. The van der Waals surface area contributed by atoms with Gasteiger partial charge >= 0.3 is 11.9 Å². The fourth-order valence-electron chi connectivity index (χ4n) is 2.97. The van der Waals surface area contributed by atoms with Gasteiger partial charge in [0.15, 0.2) is 0 Å². The predicted octanol–water partition coefficient (Wildman–Crippen LogP) is 4.85. The molecular weight excluding hydrogens is 332 g/mol. The van der Waals surface area contributed by atoms with Gasteiger partial charge < -0.3 is 14.9 Å². The van der Waals surface area contributed by atoms with Gasteiger partial charge in [0, 0.05) is 12.8 Å². The molecule has 0 bridgehead atoms. The summed E-state index contributed by atoms with van der Waals surface area (Å²) >= 11 is 0. The van der Waals surface area contributed by atoms with Crippen LogP contribution >= 0.6 is 0 Å². The molecule has 1 aromatic rings. The van der Waals surface area contributed by atoms with Gasteiger partial charge in [0.1, 0.15) is 5.75 Å². The number of hydrogen-bond donors (Lipinski definition) is 2. The SMILES string of the molecule is CCCCCOc1cccc(CCCCC(=O)O)c1CCCCC(=O)O. The molecule has 0 aliphatic carbocycles. The minimum atomic E-state index is -0.761. The molecule has 0 unspecified atom stereocenters. The molecule has 0 radical (unpaired) electrons. The lowest BCUT2D eigenvalue weighted by molar-refractivity contribution is -0.138. The summed E-state index contributed by atoms with van der Waals surface area (Å²) in [5.41, 5.74) is 2.35. The van der Waals surface area contributed by atoms with E-state index in [1.165, 1.54) is 5.56 Å². The lowest BCUT2D eigenvalue weighted by atomic mass is 9.96. The number of aryl methyl sites for hydroxylation is 1. The van der Waals surface area contributed by atoms with E-state index in [9.17, 15) is 9.59 Å². The first-order valence-corrected chi connectivity index (χ1v) is 9.71. The first-order valence-electron chi connectivity index (χ1n) is 9.71. The second kappa shape index (κ2) is 13.2. The van der Waals surface area contributed by atoms with Gasteiger partial charge in [-0.25, -0.2) is 0 Å². The topological polar surface area (TPSA) is 83.8 Å². The maximum absolute atomic E-state index is 10.7. The Morgan fingerprint density at radius 1 is 0.885 bits per heavy atom. The van der Waals surface area contributed by atoms with Crippen LogP contribution in [0.5, 0.6) is 5.75 Å². The average molecular weight is 364 g/mol. The molecular formula is C21H32O5. The van der Waals surface area contributed by atoms with Crippen molar-refractivity contribution in [3.63, 3.8) is 0 Å². The molecule has 0 aliphatic heterocycles. The van der Waals surface area contributed by atoms with Gasteiger partial charge in [-0.05, 0) is 62.1 Å². The van der Waals surface area contributed by atoms with E-state index in [0.29, 0.717) is 19.4 Å². The molecule has 0 atom stereocenters. The van der Waals surface area contributed by atoms with E-state index in [2.05, 4.69) is 13.0 Å². The number of unbranched alkanes of at least 4 members (excludes halogenated alkanes) is 4. The summed E-state index contributed by atoms with van der Waals surface area (Å²) in [6.45, 7) is 2.85. The van der Waals surface area contributed by atoms with Gasteiger partial charge in [-0.15, -0.1) is 0 Å². The van der Waals surface area contributed by atoms with Crippen molar-refractivity contribution < 1.29 is 24.5 Å². The molecule has 0 amide bonds. The molecule has 2 N–H and O–H groups in total. The van der Waals surface area contributed by atoms with Crippen LogP contribution in [-0.4, -0.2) is 28.8 Å². The minimum Gasteiger partial charge on any atom is -0.493 e. The molecule has 1 aromatic carbocycles. The third-order valence-electron chi connectivity index (χ3n) is 4.39. The third kappa shape index (κ3) is 9.44. The highest BCUT2D eigenvalue weighted by Gasteiger charge is 2.11. The summed E-state index contributed by atoms with van der Waals surface area (Å²) in [5.74, 6) is -0.623. The van der Waals surface area contributed by atoms with Crippen molar-refractivity contribution in [1.82, 2.24) is 0 Å². The second-order valence-corrected chi connectivity index (χ2v) is 6.65. The minimum absolute atomic E-state index is 0.188. The van der Waals surface area contributed by atoms with Crippen molar-refractivity contribution >= 4 is 11.9 Å². The van der Waals surface area contributed by atoms with Crippen LogP contribution in [0, 0.1) is 0 Å². The van der Waals surface area contributed by atoms with Gasteiger partial charge in [-0.1, -0.05) is 31.9 Å². The zero-order valence-electron chi connectivity index (χ0n) is 15.8. The highest BCUT2D eigenvalue weighted by molar-refractivity contribution is 5.66. The van der Waals surface area contributed by atoms with Crippen molar-refractivity contribution in [3.05, 3.63) is 29.3 Å². The van der Waals surface area contributed by atoms with E-state index in [1.807, 2.05) is 12.1 Å². The average Bonchev–Trinajstić information content (AvgIpc) is 2.60. The van der Waals surface area contributed by atoms with Gasteiger partial charge in [-0.3, -0.25) is 9.59 Å². The summed E-state index contributed by atoms with van der Waals surface area (Å²) in [6, 6.07) is 6.05. The van der Waals surface area contributed by atoms with Crippen molar-refractivity contribution in [2.45, 2.75) is 77.6 Å². The zero-order valence-corrected chi connectivity index (χ0v) is 15.8. The summed E-state index contributed by atoms with van der Waals surface area (Å²) in [7, 11) is 0. The molecule has 0 heterocycles. The van der Waals surface area contributed by atoms with E-state index in [1.54, 1.807) is 0 Å².